The summed E-state index contributed by atoms with van der Waals surface area (Å²) in [5.41, 5.74) is -3.56. The summed E-state index contributed by atoms with van der Waals surface area (Å²) >= 11 is 0. The molecule has 0 saturated carbocycles. The van der Waals surface area contributed by atoms with Crippen LogP contribution in [-0.4, -0.2) is 17.0 Å². The number of nitro benzene ring substituents is 2. The molecule has 10 heteroatoms. The van der Waals surface area contributed by atoms with E-state index in [4.69, 9.17) is 0 Å². The molecule has 0 aliphatic heterocycles. The number of nitrogens with zero attached hydrogens (tertiary/aromatic N) is 2. The Morgan fingerprint density at radius 1 is 0.941 bits per heavy atom. The average Bonchev–Trinajstić information content (AvgIpc) is 2.21. The molecule has 0 heterocycles. The normalized spacial score (nSPS) is 10.1. The van der Waals surface area contributed by atoms with Crippen LogP contribution in [-0.2, 0) is 0 Å². The Bertz CT molecular complexity index is 519. The minimum atomic E-state index is -2.16. The summed E-state index contributed by atoms with van der Waals surface area (Å²) in [7, 11) is 0.732. The van der Waals surface area contributed by atoms with Gasteiger partial charge in [-0.3, -0.25) is 20.2 Å². The minimum absolute atomic E-state index is 0.732. The molecular weight excluding hydrogens is 249 g/mol. The molecule has 1 aromatic carbocycles. The molecule has 0 atom stereocenters. The van der Waals surface area contributed by atoms with Gasteiger partial charge in [0.05, 0.1) is 17.0 Å². The van der Waals surface area contributed by atoms with Crippen molar-refractivity contribution in [3.63, 3.8) is 0 Å². The van der Waals surface area contributed by atoms with Crippen LogP contribution in [0.1, 0.15) is 0 Å². The van der Waals surface area contributed by atoms with E-state index in [1.165, 1.54) is 0 Å². The molecule has 0 fully saturated rings. The van der Waals surface area contributed by atoms with Crippen LogP contribution < -0.4 is 4.74 Å². The molecule has 0 aromatic heterocycles. The lowest BCUT2D eigenvalue weighted by Crippen LogP contribution is -2.07. The molecule has 0 aliphatic carbocycles. The van der Waals surface area contributed by atoms with E-state index in [9.17, 15) is 33.4 Å². The Morgan fingerprint density at radius 2 is 1.41 bits per heavy atom. The summed E-state index contributed by atoms with van der Waals surface area (Å²) in [4.78, 5) is 17.6. The highest BCUT2D eigenvalue weighted by molar-refractivity contribution is 5.57. The van der Waals surface area contributed by atoms with E-state index in [1.54, 1.807) is 0 Å². The number of ether oxygens (including phenoxy) is 1. The lowest BCUT2D eigenvalue weighted by Gasteiger charge is -2.05. The lowest BCUT2D eigenvalue weighted by molar-refractivity contribution is -0.401. The standard InChI is InChI=1S/C7H3F3N2O5/c1-17-7-3(9)2(8)5(11(13)14)4(10)6(7)12(15)16/h1H3. The van der Waals surface area contributed by atoms with Crippen LogP contribution in [0.15, 0.2) is 0 Å². The van der Waals surface area contributed by atoms with E-state index in [-0.39, 0.29) is 0 Å². The van der Waals surface area contributed by atoms with E-state index < -0.39 is 44.4 Å². The monoisotopic (exact) mass is 252 g/mol. The Kier molecular flexibility index (Phi) is 3.16. The fourth-order valence-corrected chi connectivity index (χ4v) is 1.13. The molecule has 0 amide bonds. The maximum Gasteiger partial charge on any atom is 0.356 e. The molecule has 1 rings (SSSR count). The zero-order chi connectivity index (χ0) is 13.3. The third-order valence-electron chi connectivity index (χ3n) is 1.80. The van der Waals surface area contributed by atoms with Gasteiger partial charge in [0.15, 0.2) is 0 Å². The number of halogens is 3. The number of rotatable bonds is 3. The van der Waals surface area contributed by atoms with Gasteiger partial charge in [0, 0.05) is 0 Å². The van der Waals surface area contributed by atoms with Crippen LogP contribution in [0.2, 0.25) is 0 Å². The van der Waals surface area contributed by atoms with Gasteiger partial charge in [-0.05, 0) is 0 Å². The van der Waals surface area contributed by atoms with Gasteiger partial charge in [0.25, 0.3) is 5.82 Å². The third-order valence-corrected chi connectivity index (χ3v) is 1.80. The Balaban J connectivity index is 3.82. The van der Waals surface area contributed by atoms with Crippen LogP contribution in [0.5, 0.6) is 5.75 Å². The number of methoxy groups -OCH3 is 1. The van der Waals surface area contributed by atoms with Crippen LogP contribution in [0.4, 0.5) is 24.5 Å². The molecule has 0 aliphatic rings. The summed E-state index contributed by atoms with van der Waals surface area (Å²) in [5, 5.41) is 20.7. The van der Waals surface area contributed by atoms with Gasteiger partial charge >= 0.3 is 11.4 Å². The van der Waals surface area contributed by atoms with Gasteiger partial charge in [-0.2, -0.15) is 13.2 Å². The molecule has 0 radical (unpaired) electrons. The highest BCUT2D eigenvalue weighted by Gasteiger charge is 2.39. The van der Waals surface area contributed by atoms with E-state index in [2.05, 4.69) is 4.74 Å². The molecule has 0 bridgehead atoms. The van der Waals surface area contributed by atoms with Crippen molar-refractivity contribution in [2.45, 2.75) is 0 Å². The zero-order valence-electron chi connectivity index (χ0n) is 8.07. The van der Waals surface area contributed by atoms with Crippen molar-refractivity contribution in [2.75, 3.05) is 7.11 Å². The molecule has 7 nitrogen and oxygen atoms in total. The minimum Gasteiger partial charge on any atom is -0.488 e. The molecule has 1 aromatic rings. The quantitative estimate of drug-likeness (QED) is 0.465. The van der Waals surface area contributed by atoms with Gasteiger partial charge in [-0.25, -0.2) is 0 Å². The second kappa shape index (κ2) is 4.23. The summed E-state index contributed by atoms with van der Waals surface area (Å²) in [6.07, 6.45) is 0. The molecule has 0 unspecified atom stereocenters. The molecule has 17 heavy (non-hydrogen) atoms. The molecule has 0 N–H and O–H groups in total. The first-order valence-corrected chi connectivity index (χ1v) is 3.86. The summed E-state index contributed by atoms with van der Waals surface area (Å²) in [6.45, 7) is 0. The van der Waals surface area contributed by atoms with Crippen LogP contribution >= 0.6 is 0 Å². The van der Waals surface area contributed by atoms with Gasteiger partial charge < -0.3 is 4.74 Å². The summed E-state index contributed by atoms with van der Waals surface area (Å²) < 4.78 is 43.6. The third kappa shape index (κ3) is 1.84. The number of hydrogen-bond acceptors (Lipinski definition) is 5. The number of nitro groups is 2. The molecule has 0 spiro atoms. The highest BCUT2D eigenvalue weighted by Crippen LogP contribution is 2.40. The Labute approximate surface area is 90.7 Å². The van der Waals surface area contributed by atoms with E-state index in [0.717, 1.165) is 7.11 Å². The van der Waals surface area contributed by atoms with Crippen LogP contribution in [0.25, 0.3) is 0 Å². The second-order valence-corrected chi connectivity index (χ2v) is 2.69. The Hall–Kier alpha value is -2.39. The predicted octanol–water partition coefficient (Wildman–Crippen LogP) is 1.93. The fraction of sp³-hybridized carbons (Fsp3) is 0.143. The van der Waals surface area contributed by atoms with Crippen molar-refractivity contribution in [3.05, 3.63) is 37.7 Å². The number of benzene rings is 1. The first-order chi connectivity index (χ1) is 7.82. The summed E-state index contributed by atoms with van der Waals surface area (Å²) in [5.74, 6) is -7.59. The highest BCUT2D eigenvalue weighted by atomic mass is 19.2. The first-order valence-electron chi connectivity index (χ1n) is 3.86. The maximum atomic E-state index is 13.3. The summed E-state index contributed by atoms with van der Waals surface area (Å²) in [6, 6.07) is 0. The fourth-order valence-electron chi connectivity index (χ4n) is 1.13. The first kappa shape index (κ1) is 12.7. The smallest absolute Gasteiger partial charge is 0.356 e. The average molecular weight is 252 g/mol. The maximum absolute atomic E-state index is 13.3. The van der Waals surface area contributed by atoms with Crippen molar-refractivity contribution >= 4 is 11.4 Å². The van der Waals surface area contributed by atoms with Crippen molar-refractivity contribution in [1.82, 2.24) is 0 Å². The molecule has 92 valence electrons. The largest absolute Gasteiger partial charge is 0.488 e. The lowest BCUT2D eigenvalue weighted by atomic mass is 10.2. The van der Waals surface area contributed by atoms with Gasteiger partial charge in [0.2, 0.25) is 17.4 Å². The van der Waals surface area contributed by atoms with Gasteiger partial charge in [-0.15, -0.1) is 0 Å². The van der Waals surface area contributed by atoms with Crippen LogP contribution in [0.3, 0.4) is 0 Å². The number of hydrogen-bond donors (Lipinski definition) is 0. The Morgan fingerprint density at radius 3 is 1.76 bits per heavy atom. The van der Waals surface area contributed by atoms with Crippen molar-refractivity contribution in [3.8, 4) is 5.75 Å². The van der Waals surface area contributed by atoms with E-state index in [0.29, 0.717) is 0 Å². The molecule has 0 saturated heterocycles. The zero-order valence-corrected chi connectivity index (χ0v) is 8.07. The topological polar surface area (TPSA) is 95.5 Å². The predicted molar refractivity (Wildman–Crippen MR) is 46.2 cm³/mol. The molecular formula is C7H3F3N2O5. The van der Waals surface area contributed by atoms with Gasteiger partial charge in [0.1, 0.15) is 0 Å². The van der Waals surface area contributed by atoms with Crippen molar-refractivity contribution in [1.29, 1.82) is 0 Å². The second-order valence-electron chi connectivity index (χ2n) is 2.69. The van der Waals surface area contributed by atoms with Gasteiger partial charge in [-0.1, -0.05) is 0 Å². The van der Waals surface area contributed by atoms with E-state index in [1.807, 2.05) is 0 Å². The van der Waals surface area contributed by atoms with Crippen molar-refractivity contribution < 1.29 is 27.8 Å². The van der Waals surface area contributed by atoms with E-state index >= 15 is 0 Å². The SMILES string of the molecule is COc1c(F)c(F)c([N+](=O)[O-])c(F)c1[N+](=O)[O-]. The van der Waals surface area contributed by atoms with Crippen molar-refractivity contribution in [2.24, 2.45) is 0 Å². The van der Waals surface area contributed by atoms with Crippen LogP contribution in [0, 0.1) is 37.7 Å².